The van der Waals surface area contributed by atoms with Crippen molar-refractivity contribution in [3.63, 3.8) is 0 Å². The summed E-state index contributed by atoms with van der Waals surface area (Å²) in [7, 11) is 0. The van der Waals surface area contributed by atoms with E-state index in [1.807, 2.05) is 36.4 Å². The first-order valence-electron chi connectivity index (χ1n) is 14.0. The number of ether oxygens (including phenoxy) is 1. The molecule has 0 bridgehead atoms. The molecule has 1 N–H and O–H groups in total. The van der Waals surface area contributed by atoms with Crippen LogP contribution in [-0.2, 0) is 10.8 Å². The summed E-state index contributed by atoms with van der Waals surface area (Å²) in [5, 5.41) is 13.0. The van der Waals surface area contributed by atoms with Crippen LogP contribution in [0.5, 0.6) is 17.5 Å². The molecule has 3 heterocycles. The van der Waals surface area contributed by atoms with Crippen molar-refractivity contribution in [1.29, 1.82) is 0 Å². The van der Waals surface area contributed by atoms with E-state index in [1.165, 1.54) is 10.8 Å². The minimum Gasteiger partial charge on any atom is -0.507 e. The fourth-order valence-electron chi connectivity index (χ4n) is 5.20. The number of para-hydroxylation sites is 2. The maximum absolute atomic E-state index is 10.7. The first-order valence-corrected chi connectivity index (χ1v) is 14.0. The number of phenolic OH excluding ortho intramolecular Hbond substituents is 1. The number of aromatic hydroxyl groups is 1. The lowest BCUT2D eigenvalue weighted by Crippen LogP contribution is -2.13. The van der Waals surface area contributed by atoms with Gasteiger partial charge < -0.3 is 9.84 Å². The van der Waals surface area contributed by atoms with Crippen LogP contribution in [0.1, 0.15) is 52.7 Å². The van der Waals surface area contributed by atoms with Crippen LogP contribution in [0.25, 0.3) is 38.9 Å². The predicted molar refractivity (Wildman–Crippen MR) is 167 cm³/mol. The molecule has 0 aliphatic rings. The number of pyridine rings is 2. The molecule has 3 aromatic carbocycles. The number of benzene rings is 3. The predicted octanol–water partition coefficient (Wildman–Crippen LogP) is 9.33. The second kappa shape index (κ2) is 9.77. The molecule has 3 aromatic heterocycles. The molecule has 41 heavy (non-hydrogen) atoms. The molecular formula is C36H35N3O2. The van der Waals surface area contributed by atoms with Crippen molar-refractivity contribution in [1.82, 2.24) is 14.5 Å². The van der Waals surface area contributed by atoms with Gasteiger partial charge in [-0.1, -0.05) is 90.1 Å². The zero-order valence-electron chi connectivity index (χ0n) is 24.4. The Bertz CT molecular complexity index is 1850. The second-order valence-electron chi connectivity index (χ2n) is 12.6. The van der Waals surface area contributed by atoms with E-state index in [2.05, 4.69) is 101 Å². The van der Waals surface area contributed by atoms with E-state index in [1.54, 1.807) is 6.07 Å². The summed E-state index contributed by atoms with van der Waals surface area (Å²) in [4.78, 5) is 9.78. The Morgan fingerprint density at radius 2 is 1.24 bits per heavy atom. The molecule has 0 unspecified atom stereocenters. The van der Waals surface area contributed by atoms with Gasteiger partial charge in [-0.25, -0.2) is 4.98 Å². The van der Waals surface area contributed by atoms with Crippen LogP contribution in [0.15, 0.2) is 97.1 Å². The highest BCUT2D eigenvalue weighted by Gasteiger charge is 2.21. The SMILES string of the molecule is CC(C)(C)c1cc(Oc2cccc(-c3cc(C(C)(C)C)ccc3O)n2)nc(-n2c3ccccc3c3ccccc32)c1. The van der Waals surface area contributed by atoms with Gasteiger partial charge in [-0.15, -0.1) is 0 Å². The molecule has 0 fully saturated rings. The molecule has 0 saturated heterocycles. The van der Waals surface area contributed by atoms with Crippen LogP contribution >= 0.6 is 0 Å². The first kappa shape index (κ1) is 26.6. The Kier molecular flexibility index (Phi) is 6.33. The Hall–Kier alpha value is -4.64. The first-order chi connectivity index (χ1) is 19.5. The molecular weight excluding hydrogens is 506 g/mol. The molecule has 0 aliphatic carbocycles. The van der Waals surface area contributed by atoms with Crippen LogP contribution in [-0.4, -0.2) is 19.6 Å². The highest BCUT2D eigenvalue weighted by Crippen LogP contribution is 2.36. The molecule has 0 saturated carbocycles. The van der Waals surface area contributed by atoms with Gasteiger partial charge in [-0.05, 0) is 58.4 Å². The minimum atomic E-state index is -0.136. The average Bonchev–Trinajstić information content (AvgIpc) is 3.27. The van der Waals surface area contributed by atoms with E-state index < -0.39 is 0 Å². The van der Waals surface area contributed by atoms with Crippen molar-refractivity contribution < 1.29 is 9.84 Å². The van der Waals surface area contributed by atoms with E-state index in [0.717, 1.165) is 28.0 Å². The zero-order chi connectivity index (χ0) is 28.9. The lowest BCUT2D eigenvalue weighted by molar-refractivity contribution is 0.441. The van der Waals surface area contributed by atoms with E-state index >= 15 is 0 Å². The van der Waals surface area contributed by atoms with Crippen molar-refractivity contribution in [2.75, 3.05) is 0 Å². The number of hydrogen-bond acceptors (Lipinski definition) is 4. The van der Waals surface area contributed by atoms with Gasteiger partial charge in [0, 0.05) is 28.5 Å². The van der Waals surface area contributed by atoms with Gasteiger partial charge in [0.2, 0.25) is 11.8 Å². The molecule has 5 nitrogen and oxygen atoms in total. The van der Waals surface area contributed by atoms with Gasteiger partial charge in [0.1, 0.15) is 11.6 Å². The Labute approximate surface area is 241 Å². The van der Waals surface area contributed by atoms with Gasteiger partial charge in [0.15, 0.2) is 0 Å². The fourth-order valence-corrected chi connectivity index (χ4v) is 5.20. The largest absolute Gasteiger partial charge is 0.507 e. The van der Waals surface area contributed by atoms with Gasteiger partial charge >= 0.3 is 0 Å². The Morgan fingerprint density at radius 1 is 0.610 bits per heavy atom. The topological polar surface area (TPSA) is 60.2 Å². The molecule has 0 radical (unpaired) electrons. The van der Waals surface area contributed by atoms with E-state index in [4.69, 9.17) is 14.7 Å². The fraction of sp³-hybridized carbons (Fsp3) is 0.222. The smallest absolute Gasteiger partial charge is 0.223 e. The maximum Gasteiger partial charge on any atom is 0.223 e. The quantitative estimate of drug-likeness (QED) is 0.242. The normalized spacial score (nSPS) is 12.2. The number of phenols is 1. The van der Waals surface area contributed by atoms with Crippen molar-refractivity contribution in [2.24, 2.45) is 0 Å². The maximum atomic E-state index is 10.7. The van der Waals surface area contributed by atoms with Crippen molar-refractivity contribution in [2.45, 2.75) is 52.4 Å². The van der Waals surface area contributed by atoms with E-state index in [9.17, 15) is 5.11 Å². The average molecular weight is 542 g/mol. The molecule has 6 rings (SSSR count). The Morgan fingerprint density at radius 3 is 1.88 bits per heavy atom. The third-order valence-electron chi connectivity index (χ3n) is 7.53. The van der Waals surface area contributed by atoms with Gasteiger partial charge in [0.25, 0.3) is 0 Å². The number of fused-ring (bicyclic) bond motifs is 3. The summed E-state index contributed by atoms with van der Waals surface area (Å²) < 4.78 is 8.56. The number of rotatable bonds is 4. The van der Waals surface area contributed by atoms with Crippen LogP contribution in [0.2, 0.25) is 0 Å². The van der Waals surface area contributed by atoms with Crippen LogP contribution in [0.4, 0.5) is 0 Å². The second-order valence-corrected chi connectivity index (χ2v) is 12.6. The molecule has 6 aromatic rings. The number of aromatic nitrogens is 3. The molecule has 0 aliphatic heterocycles. The lowest BCUT2D eigenvalue weighted by atomic mass is 9.85. The molecule has 206 valence electrons. The standard InChI is InChI=1S/C36H35N3O2/c1-35(2,3)23-18-19-31(40)27(20-23)28-14-11-17-33(37-28)41-34-22-24(36(4,5)6)21-32(38-34)39-29-15-9-7-12-25(29)26-13-8-10-16-30(26)39/h7-22,40H,1-6H3. The highest BCUT2D eigenvalue weighted by molar-refractivity contribution is 6.09. The molecule has 0 spiro atoms. The van der Waals surface area contributed by atoms with Gasteiger partial charge in [-0.2, -0.15) is 4.98 Å². The summed E-state index contributed by atoms with van der Waals surface area (Å²) in [6.45, 7) is 13.0. The van der Waals surface area contributed by atoms with E-state index in [-0.39, 0.29) is 16.6 Å². The van der Waals surface area contributed by atoms with E-state index in [0.29, 0.717) is 23.0 Å². The summed E-state index contributed by atoms with van der Waals surface area (Å²) in [6, 6.07) is 32.2. The molecule has 5 heteroatoms. The summed E-state index contributed by atoms with van der Waals surface area (Å²) >= 11 is 0. The summed E-state index contributed by atoms with van der Waals surface area (Å²) in [6.07, 6.45) is 0. The third kappa shape index (κ3) is 5.04. The summed E-state index contributed by atoms with van der Waals surface area (Å²) in [5.41, 5.74) is 5.52. The summed E-state index contributed by atoms with van der Waals surface area (Å²) in [5.74, 6) is 1.85. The van der Waals surface area contributed by atoms with Gasteiger partial charge in [0.05, 0.1) is 16.7 Å². The molecule has 0 amide bonds. The molecule has 0 atom stereocenters. The van der Waals surface area contributed by atoms with Gasteiger partial charge in [-0.3, -0.25) is 4.57 Å². The number of hydrogen-bond donors (Lipinski definition) is 1. The Balaban J connectivity index is 1.47. The monoisotopic (exact) mass is 541 g/mol. The van der Waals surface area contributed by atoms with Crippen molar-refractivity contribution in [3.8, 4) is 34.6 Å². The van der Waals surface area contributed by atoms with Crippen LogP contribution < -0.4 is 4.74 Å². The minimum absolute atomic E-state index is 0.0584. The van der Waals surface area contributed by atoms with Crippen LogP contribution in [0, 0.1) is 0 Å². The van der Waals surface area contributed by atoms with Crippen molar-refractivity contribution in [3.05, 3.63) is 108 Å². The third-order valence-corrected chi connectivity index (χ3v) is 7.53. The highest BCUT2D eigenvalue weighted by atomic mass is 16.5. The lowest BCUT2D eigenvalue weighted by Gasteiger charge is -2.21. The van der Waals surface area contributed by atoms with Crippen molar-refractivity contribution >= 4 is 21.8 Å². The zero-order valence-corrected chi connectivity index (χ0v) is 24.4. The number of nitrogens with zero attached hydrogens (tertiary/aromatic N) is 3. The van der Waals surface area contributed by atoms with Crippen LogP contribution in [0.3, 0.4) is 0 Å².